The van der Waals surface area contributed by atoms with Crippen LogP contribution in [0.2, 0.25) is 0 Å². The first kappa shape index (κ1) is 21.0. The highest BCUT2D eigenvalue weighted by Gasteiger charge is 2.27. The molecule has 1 atom stereocenters. The van der Waals surface area contributed by atoms with Gasteiger partial charge < -0.3 is 11.1 Å². The maximum absolute atomic E-state index is 13.0. The van der Waals surface area contributed by atoms with Crippen LogP contribution in [-0.4, -0.2) is 32.8 Å². The number of nitrogens with two attached hydrogens (primary N) is 1. The minimum Gasteiger partial charge on any atom is -0.370 e. The second kappa shape index (κ2) is 9.19. The molecule has 4 N–H and O–H groups in total. The molecular weight excluding hydrogens is 390 g/mol. The fraction of sp³-hybridized carbons (Fsp3) is 0.333. The number of rotatable bonds is 9. The topological polar surface area (TPSA) is 118 Å². The van der Waals surface area contributed by atoms with E-state index < -0.39 is 27.9 Å². The molecule has 2 amide bonds. The van der Waals surface area contributed by atoms with Gasteiger partial charge >= 0.3 is 0 Å². The van der Waals surface area contributed by atoms with Gasteiger partial charge in [-0.1, -0.05) is 36.4 Å². The quantitative estimate of drug-likeness (QED) is 0.567. The highest BCUT2D eigenvalue weighted by molar-refractivity contribution is 7.89. The molecule has 1 unspecified atom stereocenters. The Morgan fingerprint density at radius 2 is 1.76 bits per heavy atom. The molecule has 29 heavy (non-hydrogen) atoms. The number of carbonyl (C=O) groups excluding carboxylic acids is 2. The molecule has 1 aliphatic rings. The summed E-state index contributed by atoms with van der Waals surface area (Å²) in [4.78, 5) is 23.7. The summed E-state index contributed by atoms with van der Waals surface area (Å²) < 4.78 is 28.4. The van der Waals surface area contributed by atoms with Gasteiger partial charge in [0.1, 0.15) is 6.04 Å². The third kappa shape index (κ3) is 5.65. The van der Waals surface area contributed by atoms with Crippen molar-refractivity contribution in [2.24, 2.45) is 5.73 Å². The summed E-state index contributed by atoms with van der Waals surface area (Å²) in [7, 11) is -3.89. The van der Waals surface area contributed by atoms with E-state index in [1.54, 1.807) is 12.1 Å². The molecule has 0 spiro atoms. The van der Waals surface area contributed by atoms with Crippen LogP contribution >= 0.6 is 0 Å². The second-order valence-corrected chi connectivity index (χ2v) is 8.87. The predicted octanol–water partition coefficient (Wildman–Crippen LogP) is 1.06. The van der Waals surface area contributed by atoms with Crippen LogP contribution in [0.5, 0.6) is 0 Å². The molecule has 0 radical (unpaired) electrons. The number of hydrogen-bond acceptors (Lipinski definition) is 4. The van der Waals surface area contributed by atoms with E-state index in [1.165, 1.54) is 5.56 Å². The minimum atomic E-state index is -3.89. The summed E-state index contributed by atoms with van der Waals surface area (Å²) in [5.41, 5.74) is 8.13. The number of carbonyl (C=O) groups is 2. The molecule has 0 aromatic heterocycles. The number of sulfonamides is 1. The van der Waals surface area contributed by atoms with E-state index in [1.807, 2.05) is 36.4 Å². The van der Waals surface area contributed by atoms with Gasteiger partial charge in [-0.05, 0) is 54.5 Å². The maximum atomic E-state index is 13.0. The summed E-state index contributed by atoms with van der Waals surface area (Å²) in [5, 5.41) is 2.58. The second-order valence-electron chi connectivity index (χ2n) is 7.16. The number of benzene rings is 2. The summed E-state index contributed by atoms with van der Waals surface area (Å²) in [6.07, 6.45) is 3.02. The molecule has 0 saturated carbocycles. The van der Waals surface area contributed by atoms with Gasteiger partial charge in [0.25, 0.3) is 0 Å². The van der Waals surface area contributed by atoms with Crippen molar-refractivity contribution in [3.8, 4) is 0 Å². The standard InChI is InChI=1S/C21H25N3O4S/c22-20(25)11-12-23-21(26)19(13-15-5-2-1-3-6-15)24-29(27,28)18-10-9-16-7-4-8-17(16)14-18/h1-3,5-6,9-10,14,19,24H,4,7-8,11-13H2,(H2,22,25)(H,23,26). The lowest BCUT2D eigenvalue weighted by Gasteiger charge is -2.19. The van der Waals surface area contributed by atoms with Crippen LogP contribution < -0.4 is 15.8 Å². The fourth-order valence-electron chi connectivity index (χ4n) is 3.44. The van der Waals surface area contributed by atoms with E-state index in [2.05, 4.69) is 10.0 Å². The Morgan fingerprint density at radius 1 is 1.03 bits per heavy atom. The van der Waals surface area contributed by atoms with Gasteiger partial charge in [0.15, 0.2) is 0 Å². The predicted molar refractivity (Wildman–Crippen MR) is 110 cm³/mol. The summed E-state index contributed by atoms with van der Waals surface area (Å²) in [6, 6.07) is 13.3. The molecule has 0 heterocycles. The van der Waals surface area contributed by atoms with E-state index in [-0.39, 0.29) is 24.3 Å². The smallest absolute Gasteiger partial charge is 0.241 e. The van der Waals surface area contributed by atoms with E-state index >= 15 is 0 Å². The Balaban J connectivity index is 1.79. The first-order valence-electron chi connectivity index (χ1n) is 9.59. The van der Waals surface area contributed by atoms with Gasteiger partial charge in [0.2, 0.25) is 21.8 Å². The number of primary amides is 1. The Bertz CT molecular complexity index is 990. The first-order valence-corrected chi connectivity index (χ1v) is 11.1. The zero-order chi connectivity index (χ0) is 20.9. The lowest BCUT2D eigenvalue weighted by Crippen LogP contribution is -2.48. The van der Waals surface area contributed by atoms with Gasteiger partial charge in [-0.25, -0.2) is 8.42 Å². The van der Waals surface area contributed by atoms with Crippen molar-refractivity contribution in [3.63, 3.8) is 0 Å². The van der Waals surface area contributed by atoms with Crippen molar-refractivity contribution in [3.05, 3.63) is 65.2 Å². The van der Waals surface area contributed by atoms with E-state index in [0.29, 0.717) is 0 Å². The van der Waals surface area contributed by atoms with Crippen LogP contribution in [0.1, 0.15) is 29.5 Å². The van der Waals surface area contributed by atoms with Gasteiger partial charge in [-0.2, -0.15) is 4.72 Å². The lowest BCUT2D eigenvalue weighted by atomic mass is 10.1. The van der Waals surface area contributed by atoms with Crippen molar-refractivity contribution < 1.29 is 18.0 Å². The Labute approximate surface area is 170 Å². The first-order chi connectivity index (χ1) is 13.8. The van der Waals surface area contributed by atoms with Crippen LogP contribution in [0.3, 0.4) is 0 Å². The maximum Gasteiger partial charge on any atom is 0.241 e. The number of nitrogens with one attached hydrogen (secondary N) is 2. The normalized spacial score (nSPS) is 14.2. The van der Waals surface area contributed by atoms with Crippen LogP contribution in [0.15, 0.2) is 53.4 Å². The summed E-state index contributed by atoms with van der Waals surface area (Å²) >= 11 is 0. The minimum absolute atomic E-state index is 0.0125. The molecule has 8 heteroatoms. The largest absolute Gasteiger partial charge is 0.370 e. The van der Waals surface area contributed by atoms with Crippen molar-refractivity contribution in [2.75, 3.05) is 6.54 Å². The summed E-state index contributed by atoms with van der Waals surface area (Å²) in [6.45, 7) is 0.0556. The number of amides is 2. The Morgan fingerprint density at radius 3 is 2.48 bits per heavy atom. The Kier molecular flexibility index (Phi) is 6.66. The molecule has 1 aliphatic carbocycles. The van der Waals surface area contributed by atoms with Crippen LogP contribution in [0.4, 0.5) is 0 Å². The number of fused-ring (bicyclic) bond motifs is 1. The molecular formula is C21H25N3O4S. The molecule has 154 valence electrons. The van der Waals surface area contributed by atoms with Gasteiger partial charge in [-0.15, -0.1) is 0 Å². The van der Waals surface area contributed by atoms with Gasteiger partial charge in [0, 0.05) is 13.0 Å². The van der Waals surface area contributed by atoms with Crippen LogP contribution in [0, 0.1) is 0 Å². The molecule has 0 fully saturated rings. The molecule has 2 aromatic rings. The molecule has 0 saturated heterocycles. The van der Waals surface area contributed by atoms with Crippen molar-refractivity contribution in [1.82, 2.24) is 10.0 Å². The Hall–Kier alpha value is -2.71. The number of hydrogen-bond donors (Lipinski definition) is 3. The average Bonchev–Trinajstić information content (AvgIpc) is 3.15. The molecule has 7 nitrogen and oxygen atoms in total. The highest BCUT2D eigenvalue weighted by atomic mass is 32.2. The SMILES string of the molecule is NC(=O)CCNC(=O)C(Cc1ccccc1)NS(=O)(=O)c1ccc2c(c1)CCC2. The zero-order valence-electron chi connectivity index (χ0n) is 16.1. The van der Waals surface area contributed by atoms with Crippen LogP contribution in [0.25, 0.3) is 0 Å². The molecule has 2 aromatic carbocycles. The van der Waals surface area contributed by atoms with E-state index in [9.17, 15) is 18.0 Å². The van der Waals surface area contributed by atoms with Gasteiger partial charge in [0.05, 0.1) is 4.90 Å². The van der Waals surface area contributed by atoms with Crippen LogP contribution in [-0.2, 0) is 38.9 Å². The van der Waals surface area contributed by atoms with Crippen molar-refractivity contribution >= 4 is 21.8 Å². The summed E-state index contributed by atoms with van der Waals surface area (Å²) in [5.74, 6) is -1.04. The van der Waals surface area contributed by atoms with Crippen molar-refractivity contribution in [1.29, 1.82) is 0 Å². The molecule has 0 aliphatic heterocycles. The zero-order valence-corrected chi connectivity index (χ0v) is 16.9. The highest BCUT2D eigenvalue weighted by Crippen LogP contribution is 2.24. The number of aryl methyl sites for hydroxylation is 2. The average molecular weight is 416 g/mol. The van der Waals surface area contributed by atoms with E-state index in [0.717, 1.165) is 30.4 Å². The third-order valence-electron chi connectivity index (χ3n) is 4.95. The molecule has 3 rings (SSSR count). The fourth-order valence-corrected chi connectivity index (χ4v) is 4.69. The lowest BCUT2D eigenvalue weighted by molar-refractivity contribution is -0.123. The van der Waals surface area contributed by atoms with Crippen molar-refractivity contribution in [2.45, 2.75) is 43.0 Å². The molecule has 0 bridgehead atoms. The van der Waals surface area contributed by atoms with Gasteiger partial charge in [-0.3, -0.25) is 9.59 Å². The third-order valence-corrected chi connectivity index (χ3v) is 6.42. The monoisotopic (exact) mass is 415 g/mol. The van der Waals surface area contributed by atoms with E-state index in [4.69, 9.17) is 5.73 Å².